The maximum absolute atomic E-state index is 13.4. The van der Waals surface area contributed by atoms with E-state index in [0.717, 1.165) is 12.5 Å². The largest absolute Gasteiger partial charge is 0.458 e. The second kappa shape index (κ2) is 9.90. The number of fused-ring (bicyclic) bond motifs is 1. The van der Waals surface area contributed by atoms with Crippen LogP contribution in [-0.4, -0.2) is 61.2 Å². The van der Waals surface area contributed by atoms with Crippen molar-refractivity contribution in [1.29, 1.82) is 0 Å². The summed E-state index contributed by atoms with van der Waals surface area (Å²) in [6.07, 6.45) is -0.957. The molecule has 1 aliphatic rings. The van der Waals surface area contributed by atoms with Gasteiger partial charge in [0.25, 0.3) is 12.4 Å². The Labute approximate surface area is 177 Å². The summed E-state index contributed by atoms with van der Waals surface area (Å²) in [7, 11) is 0. The molecule has 0 saturated carbocycles. The Morgan fingerprint density at radius 3 is 2.68 bits per heavy atom. The van der Waals surface area contributed by atoms with Crippen LogP contribution in [0.5, 0.6) is 0 Å². The molecule has 2 aromatic rings. The average molecular weight is 439 g/mol. The fraction of sp³-hybridized carbons (Fsp3) is 0.500. The number of ether oxygens (including phenoxy) is 1. The average Bonchev–Trinajstić information content (AvgIpc) is 2.73. The number of hydrogen-bond donors (Lipinski definition) is 2. The second-order valence-electron chi connectivity index (χ2n) is 7.54. The van der Waals surface area contributed by atoms with Gasteiger partial charge >= 0.3 is 6.18 Å². The van der Waals surface area contributed by atoms with Gasteiger partial charge in [-0.05, 0) is 24.5 Å². The van der Waals surface area contributed by atoms with Crippen molar-refractivity contribution in [3.63, 3.8) is 0 Å². The van der Waals surface area contributed by atoms with Crippen LogP contribution in [0.1, 0.15) is 18.9 Å². The molecule has 1 fully saturated rings. The van der Waals surface area contributed by atoms with Gasteiger partial charge in [-0.3, -0.25) is 19.6 Å². The molecular formula is C20H24F3N5O3. The first-order valence-corrected chi connectivity index (χ1v) is 9.90. The summed E-state index contributed by atoms with van der Waals surface area (Å²) >= 11 is 0. The topological polar surface area (TPSA) is 96.5 Å². The van der Waals surface area contributed by atoms with Gasteiger partial charge in [0.15, 0.2) is 6.61 Å². The molecule has 0 aliphatic carbocycles. The number of nitrogens with one attached hydrogen (secondary N) is 2. The summed E-state index contributed by atoms with van der Waals surface area (Å²) in [5, 5.41) is 6.00. The normalized spacial score (nSPS) is 19.3. The molecule has 0 radical (unpaired) electrons. The Hall–Kier alpha value is -2.95. The Balaban J connectivity index is 1.68. The van der Waals surface area contributed by atoms with Crippen LogP contribution in [0.15, 0.2) is 24.5 Å². The zero-order valence-corrected chi connectivity index (χ0v) is 17.0. The van der Waals surface area contributed by atoms with Gasteiger partial charge in [0.1, 0.15) is 11.0 Å². The number of carbonyl (C=O) groups is 2. The number of aromatic nitrogens is 2. The van der Waals surface area contributed by atoms with Crippen LogP contribution < -0.4 is 15.5 Å². The maximum atomic E-state index is 13.4. The molecule has 8 nitrogen and oxygen atoms in total. The van der Waals surface area contributed by atoms with Gasteiger partial charge < -0.3 is 20.3 Å². The molecule has 3 rings (SSSR count). The molecule has 1 aromatic heterocycles. The number of carbonyl (C=O) groups excluding carboxylic acids is 2. The minimum Gasteiger partial charge on any atom is -0.458 e. The predicted molar refractivity (Wildman–Crippen MR) is 107 cm³/mol. The second-order valence-corrected chi connectivity index (χ2v) is 7.54. The summed E-state index contributed by atoms with van der Waals surface area (Å²) in [5.41, 5.74) is -0.106. The highest BCUT2D eigenvalue weighted by molar-refractivity contribution is 5.90. The van der Waals surface area contributed by atoms with E-state index >= 15 is 0 Å². The number of alkyl halides is 3. The van der Waals surface area contributed by atoms with E-state index in [2.05, 4.69) is 32.3 Å². The van der Waals surface area contributed by atoms with E-state index in [4.69, 9.17) is 0 Å². The molecule has 168 valence electrons. The summed E-state index contributed by atoms with van der Waals surface area (Å²) in [6.45, 7) is 4.12. The van der Waals surface area contributed by atoms with E-state index in [9.17, 15) is 22.8 Å². The number of anilines is 1. The first-order chi connectivity index (χ1) is 14.8. The molecule has 1 aromatic carbocycles. The highest BCUT2D eigenvalue weighted by Crippen LogP contribution is 2.37. The minimum absolute atomic E-state index is 0.0842. The summed E-state index contributed by atoms with van der Waals surface area (Å²) in [5.74, 6) is -0.0850. The van der Waals surface area contributed by atoms with Crippen molar-refractivity contribution < 1.29 is 27.5 Å². The van der Waals surface area contributed by atoms with E-state index in [1.54, 1.807) is 0 Å². The van der Waals surface area contributed by atoms with Crippen molar-refractivity contribution in [3.8, 4) is 0 Å². The third-order valence-corrected chi connectivity index (χ3v) is 5.07. The molecule has 1 amide bonds. The standard InChI is InChI=1S/C20H24F3N5O3/c1-13-8-14(24-4-5-25-17(30)11-31-12-29)10-28(9-13)16-3-2-15(20(21,22)23)18-19(16)27-7-6-26-18/h2-3,6-7,12-14,24H,4-5,8-11H2,1H3,(H,25,30)/t13-,14+/m0/s1. The zero-order valence-electron chi connectivity index (χ0n) is 17.0. The van der Waals surface area contributed by atoms with Gasteiger partial charge in [-0.15, -0.1) is 0 Å². The molecule has 2 atom stereocenters. The molecule has 11 heteroatoms. The van der Waals surface area contributed by atoms with Gasteiger partial charge in [-0.2, -0.15) is 13.2 Å². The smallest absolute Gasteiger partial charge is 0.418 e. The van der Waals surface area contributed by atoms with Crippen LogP contribution in [0.25, 0.3) is 11.0 Å². The lowest BCUT2D eigenvalue weighted by Gasteiger charge is -2.38. The lowest BCUT2D eigenvalue weighted by molar-refractivity contribution is -0.137. The fourth-order valence-electron chi connectivity index (χ4n) is 3.86. The Kier molecular flexibility index (Phi) is 7.26. The number of rotatable bonds is 8. The van der Waals surface area contributed by atoms with E-state index in [1.165, 1.54) is 18.5 Å². The number of benzene rings is 1. The third-order valence-electron chi connectivity index (χ3n) is 5.07. The van der Waals surface area contributed by atoms with Gasteiger partial charge in [0, 0.05) is 44.6 Å². The van der Waals surface area contributed by atoms with Gasteiger partial charge in [0.2, 0.25) is 0 Å². The summed E-state index contributed by atoms with van der Waals surface area (Å²) < 4.78 is 44.5. The first kappa shape index (κ1) is 22.7. The SMILES string of the molecule is C[C@H]1C[C@@H](NCCNC(=O)COC=O)CN(c2ccc(C(F)(F)F)c3nccnc23)C1. The molecular weight excluding hydrogens is 415 g/mol. The molecule has 0 spiro atoms. The quantitative estimate of drug-likeness (QED) is 0.478. The third kappa shape index (κ3) is 5.81. The van der Waals surface area contributed by atoms with Crippen LogP contribution >= 0.6 is 0 Å². The Morgan fingerprint density at radius 1 is 1.23 bits per heavy atom. The number of nitrogens with zero attached hydrogens (tertiary/aromatic N) is 3. The lowest BCUT2D eigenvalue weighted by Crippen LogP contribution is -2.50. The number of halogens is 3. The van der Waals surface area contributed by atoms with Crippen molar-refractivity contribution in [2.45, 2.75) is 25.6 Å². The van der Waals surface area contributed by atoms with E-state index in [1.807, 2.05) is 4.90 Å². The van der Waals surface area contributed by atoms with E-state index in [-0.39, 0.29) is 36.1 Å². The highest BCUT2D eigenvalue weighted by atomic mass is 19.4. The molecule has 0 unspecified atom stereocenters. The van der Waals surface area contributed by atoms with Crippen molar-refractivity contribution >= 4 is 29.1 Å². The van der Waals surface area contributed by atoms with Crippen molar-refractivity contribution in [2.75, 3.05) is 37.7 Å². The van der Waals surface area contributed by atoms with Gasteiger partial charge in [-0.1, -0.05) is 6.92 Å². The van der Waals surface area contributed by atoms with Crippen LogP contribution in [-0.2, 0) is 20.5 Å². The lowest BCUT2D eigenvalue weighted by atomic mass is 9.95. The Morgan fingerprint density at radius 2 is 1.97 bits per heavy atom. The molecule has 1 saturated heterocycles. The van der Waals surface area contributed by atoms with Crippen molar-refractivity contribution in [2.24, 2.45) is 5.92 Å². The van der Waals surface area contributed by atoms with Crippen molar-refractivity contribution in [1.82, 2.24) is 20.6 Å². The summed E-state index contributed by atoms with van der Waals surface area (Å²) in [4.78, 5) is 31.7. The van der Waals surface area contributed by atoms with Gasteiger partial charge in [-0.25, -0.2) is 0 Å². The molecule has 31 heavy (non-hydrogen) atoms. The minimum atomic E-state index is -4.51. The molecule has 0 bridgehead atoms. The zero-order chi connectivity index (χ0) is 22.4. The number of hydrogen-bond acceptors (Lipinski definition) is 7. The predicted octanol–water partition coefficient (Wildman–Crippen LogP) is 1.74. The number of amides is 1. The van der Waals surface area contributed by atoms with Crippen LogP contribution in [0.2, 0.25) is 0 Å². The van der Waals surface area contributed by atoms with Crippen LogP contribution in [0, 0.1) is 5.92 Å². The first-order valence-electron chi connectivity index (χ1n) is 9.90. The fourth-order valence-corrected chi connectivity index (χ4v) is 3.86. The van der Waals surface area contributed by atoms with Crippen molar-refractivity contribution in [3.05, 3.63) is 30.1 Å². The maximum Gasteiger partial charge on any atom is 0.418 e. The Bertz CT molecular complexity index is 925. The van der Waals surface area contributed by atoms with E-state index in [0.29, 0.717) is 37.8 Å². The molecule has 2 heterocycles. The summed E-state index contributed by atoms with van der Waals surface area (Å²) in [6, 6.07) is 2.61. The highest BCUT2D eigenvalue weighted by Gasteiger charge is 2.35. The van der Waals surface area contributed by atoms with Crippen LogP contribution in [0.3, 0.4) is 0 Å². The van der Waals surface area contributed by atoms with Crippen LogP contribution in [0.4, 0.5) is 18.9 Å². The molecule has 2 N–H and O–H groups in total. The monoisotopic (exact) mass is 439 g/mol. The van der Waals surface area contributed by atoms with E-state index < -0.39 is 11.7 Å². The molecule has 1 aliphatic heterocycles. The van der Waals surface area contributed by atoms with Gasteiger partial charge in [0.05, 0.1) is 11.3 Å². The number of piperidine rings is 1.